The Morgan fingerprint density at radius 2 is 1.95 bits per heavy atom. The lowest BCUT2D eigenvalue weighted by atomic mass is 10.2. The molecule has 20 heavy (non-hydrogen) atoms. The van der Waals surface area contributed by atoms with E-state index in [9.17, 15) is 14.4 Å². The maximum Gasteiger partial charge on any atom is 0.320 e. The van der Waals surface area contributed by atoms with E-state index in [0.29, 0.717) is 26.2 Å². The minimum absolute atomic E-state index is 0.118. The predicted molar refractivity (Wildman–Crippen MR) is 71.6 cm³/mol. The molecule has 0 aliphatic carbocycles. The second-order valence-corrected chi connectivity index (χ2v) is 4.76. The molecule has 1 saturated heterocycles. The number of rotatable bonds is 3. The summed E-state index contributed by atoms with van der Waals surface area (Å²) in [6, 6.07) is 0.753. The van der Waals surface area contributed by atoms with Crippen molar-refractivity contribution in [3.05, 3.63) is 34.2 Å². The fourth-order valence-electron chi connectivity index (χ4n) is 2.22. The van der Waals surface area contributed by atoms with E-state index in [-0.39, 0.29) is 16.9 Å². The van der Waals surface area contributed by atoms with Crippen LogP contribution in [0.25, 0.3) is 0 Å². The molecule has 0 spiro atoms. The molecule has 0 radical (unpaired) electrons. The van der Waals surface area contributed by atoms with Crippen molar-refractivity contribution in [1.82, 2.24) is 14.8 Å². The van der Waals surface area contributed by atoms with Gasteiger partial charge in [-0.25, -0.2) is 0 Å². The molecule has 2 N–H and O–H groups in total. The van der Waals surface area contributed by atoms with Gasteiger partial charge in [0, 0.05) is 44.6 Å². The molecule has 0 aromatic carbocycles. The van der Waals surface area contributed by atoms with Crippen LogP contribution in [0.3, 0.4) is 0 Å². The van der Waals surface area contributed by atoms with Crippen molar-refractivity contribution in [2.45, 2.75) is 13.0 Å². The Balaban J connectivity index is 2.01. The maximum atomic E-state index is 12.2. The average Bonchev–Trinajstić information content (AvgIpc) is 2.46. The number of hydrogen-bond donors (Lipinski definition) is 2. The molecule has 1 amide bonds. The van der Waals surface area contributed by atoms with Gasteiger partial charge in [0.25, 0.3) is 5.91 Å². The third-order valence-corrected chi connectivity index (χ3v) is 3.56. The number of carbonyl (C=O) groups excluding carboxylic acids is 1. The van der Waals surface area contributed by atoms with Crippen LogP contribution in [-0.2, 0) is 4.79 Å². The van der Waals surface area contributed by atoms with Gasteiger partial charge in [-0.2, -0.15) is 0 Å². The van der Waals surface area contributed by atoms with E-state index < -0.39 is 12.0 Å². The van der Waals surface area contributed by atoms with Gasteiger partial charge in [0.1, 0.15) is 11.6 Å². The van der Waals surface area contributed by atoms with Gasteiger partial charge < -0.3 is 15.0 Å². The molecule has 1 aliphatic rings. The number of nitrogens with zero attached hydrogens (tertiary/aromatic N) is 2. The van der Waals surface area contributed by atoms with Crippen LogP contribution in [0.2, 0.25) is 0 Å². The quantitative estimate of drug-likeness (QED) is 0.785. The van der Waals surface area contributed by atoms with Crippen LogP contribution in [0.4, 0.5) is 0 Å². The first kappa shape index (κ1) is 14.3. The second kappa shape index (κ2) is 5.87. The molecule has 1 unspecified atom stereocenters. The number of carboxylic acids is 1. The highest BCUT2D eigenvalue weighted by Gasteiger charge is 2.28. The van der Waals surface area contributed by atoms with Crippen molar-refractivity contribution in [2.75, 3.05) is 26.2 Å². The summed E-state index contributed by atoms with van der Waals surface area (Å²) >= 11 is 0. The van der Waals surface area contributed by atoms with E-state index in [1.165, 1.54) is 18.5 Å². The van der Waals surface area contributed by atoms with Crippen molar-refractivity contribution in [2.24, 2.45) is 0 Å². The molecule has 0 bridgehead atoms. The van der Waals surface area contributed by atoms with Crippen LogP contribution >= 0.6 is 0 Å². The summed E-state index contributed by atoms with van der Waals surface area (Å²) in [4.78, 5) is 40.8. The molecule has 7 heteroatoms. The highest BCUT2D eigenvalue weighted by Crippen LogP contribution is 2.09. The van der Waals surface area contributed by atoms with E-state index in [2.05, 4.69) is 4.98 Å². The van der Waals surface area contributed by atoms with Crippen molar-refractivity contribution < 1.29 is 14.7 Å². The highest BCUT2D eigenvalue weighted by molar-refractivity contribution is 5.93. The molecule has 2 heterocycles. The van der Waals surface area contributed by atoms with Crippen molar-refractivity contribution >= 4 is 11.9 Å². The van der Waals surface area contributed by atoms with Crippen LogP contribution in [-0.4, -0.2) is 64.0 Å². The number of carboxylic acid groups (broad SMARTS) is 1. The van der Waals surface area contributed by atoms with E-state index in [1.807, 2.05) is 0 Å². The first-order valence-electron chi connectivity index (χ1n) is 6.44. The molecule has 1 atom stereocenters. The lowest BCUT2D eigenvalue weighted by Crippen LogP contribution is -2.53. The number of aliphatic carboxylic acids is 1. The zero-order valence-electron chi connectivity index (χ0n) is 11.2. The van der Waals surface area contributed by atoms with Gasteiger partial charge in [-0.1, -0.05) is 0 Å². The largest absolute Gasteiger partial charge is 0.480 e. The van der Waals surface area contributed by atoms with E-state index in [0.717, 1.165) is 0 Å². The standard InChI is InChI=1S/C13H17N3O4/c1-9(13(19)20)15-4-6-16(7-5-15)12(18)10-8-14-3-2-11(10)17/h2-3,8-9H,4-7H2,1H3,(H,14,17)(H,19,20). The van der Waals surface area contributed by atoms with Crippen molar-refractivity contribution in [1.29, 1.82) is 0 Å². The van der Waals surface area contributed by atoms with E-state index in [1.54, 1.807) is 16.7 Å². The van der Waals surface area contributed by atoms with Crippen LogP contribution in [0.15, 0.2) is 23.3 Å². The van der Waals surface area contributed by atoms with Gasteiger partial charge in [-0.15, -0.1) is 0 Å². The summed E-state index contributed by atoms with van der Waals surface area (Å²) < 4.78 is 0. The zero-order chi connectivity index (χ0) is 14.7. The molecule has 1 aliphatic heterocycles. The summed E-state index contributed by atoms with van der Waals surface area (Å²) in [5.74, 6) is -1.18. The summed E-state index contributed by atoms with van der Waals surface area (Å²) in [5, 5.41) is 8.96. The zero-order valence-corrected chi connectivity index (χ0v) is 11.2. The summed E-state index contributed by atoms with van der Waals surface area (Å²) in [6.45, 7) is 3.45. The van der Waals surface area contributed by atoms with E-state index in [4.69, 9.17) is 5.11 Å². The van der Waals surface area contributed by atoms with Crippen molar-refractivity contribution in [3.8, 4) is 0 Å². The number of nitrogens with one attached hydrogen (secondary N) is 1. The lowest BCUT2D eigenvalue weighted by Gasteiger charge is -2.36. The van der Waals surface area contributed by atoms with Crippen molar-refractivity contribution in [3.63, 3.8) is 0 Å². The molecule has 1 aromatic rings. The monoisotopic (exact) mass is 279 g/mol. The Labute approximate surface area is 115 Å². The summed E-state index contributed by atoms with van der Waals surface area (Å²) in [5.41, 5.74) is -0.192. The van der Waals surface area contributed by atoms with Gasteiger partial charge in [0.05, 0.1) is 0 Å². The molecule has 1 fully saturated rings. The summed E-state index contributed by atoms with van der Waals surface area (Å²) in [7, 11) is 0. The molecule has 2 rings (SSSR count). The number of amides is 1. The number of aromatic nitrogens is 1. The smallest absolute Gasteiger partial charge is 0.320 e. The fraction of sp³-hybridized carbons (Fsp3) is 0.462. The Morgan fingerprint density at radius 1 is 1.30 bits per heavy atom. The number of carbonyl (C=O) groups is 2. The highest BCUT2D eigenvalue weighted by atomic mass is 16.4. The number of pyridine rings is 1. The third kappa shape index (κ3) is 2.88. The van der Waals surface area contributed by atoms with Gasteiger partial charge in [-0.3, -0.25) is 19.3 Å². The molecule has 0 saturated carbocycles. The molecular formula is C13H17N3O4. The Morgan fingerprint density at radius 3 is 2.50 bits per heavy atom. The number of piperazine rings is 1. The molecule has 108 valence electrons. The second-order valence-electron chi connectivity index (χ2n) is 4.76. The van der Waals surface area contributed by atoms with Crippen LogP contribution in [0.1, 0.15) is 17.3 Å². The summed E-state index contributed by atoms with van der Waals surface area (Å²) in [6.07, 6.45) is 2.88. The molecule has 1 aromatic heterocycles. The SMILES string of the molecule is CC(C(=O)O)N1CCN(C(=O)c2c[nH]ccc2=O)CC1. The van der Waals surface area contributed by atoms with Gasteiger partial charge >= 0.3 is 5.97 Å². The van der Waals surface area contributed by atoms with Gasteiger partial charge in [0.15, 0.2) is 5.43 Å². The minimum atomic E-state index is -0.871. The average molecular weight is 279 g/mol. The number of H-pyrrole nitrogens is 1. The van der Waals surface area contributed by atoms with Crippen LogP contribution in [0, 0.1) is 0 Å². The van der Waals surface area contributed by atoms with E-state index >= 15 is 0 Å². The minimum Gasteiger partial charge on any atom is -0.480 e. The van der Waals surface area contributed by atoms with Gasteiger partial charge in [-0.05, 0) is 6.92 Å². The Kier molecular flexibility index (Phi) is 4.19. The Hall–Kier alpha value is -2.15. The maximum absolute atomic E-state index is 12.2. The predicted octanol–water partition coefficient (Wildman–Crippen LogP) is -0.394. The Bertz CT molecular complexity index is 561. The number of hydrogen-bond acceptors (Lipinski definition) is 4. The first-order valence-corrected chi connectivity index (χ1v) is 6.44. The topological polar surface area (TPSA) is 93.7 Å². The fourth-order valence-corrected chi connectivity index (χ4v) is 2.22. The lowest BCUT2D eigenvalue weighted by molar-refractivity contribution is -0.143. The normalized spacial score (nSPS) is 17.8. The third-order valence-electron chi connectivity index (χ3n) is 3.56. The van der Waals surface area contributed by atoms with Crippen LogP contribution < -0.4 is 5.43 Å². The number of aromatic amines is 1. The van der Waals surface area contributed by atoms with Crippen LogP contribution in [0.5, 0.6) is 0 Å². The molecule has 7 nitrogen and oxygen atoms in total. The van der Waals surface area contributed by atoms with Gasteiger partial charge in [0.2, 0.25) is 0 Å². The molecular weight excluding hydrogens is 262 g/mol. The first-order chi connectivity index (χ1) is 9.50.